The van der Waals surface area contributed by atoms with Crippen molar-refractivity contribution in [2.45, 2.75) is 43.7 Å². The second kappa shape index (κ2) is 5.97. The van der Waals surface area contributed by atoms with E-state index in [1.807, 2.05) is 44.2 Å². The van der Waals surface area contributed by atoms with Gasteiger partial charge in [0.1, 0.15) is 0 Å². The number of amides is 1. The molecule has 0 bridgehead atoms. The molecule has 1 aliphatic carbocycles. The highest BCUT2D eigenvalue weighted by Crippen LogP contribution is 2.40. The molecule has 4 heteroatoms. The summed E-state index contributed by atoms with van der Waals surface area (Å²) in [5.41, 5.74) is -0.192. The maximum atomic E-state index is 11.8. The van der Waals surface area contributed by atoms with Crippen molar-refractivity contribution in [3.8, 4) is 0 Å². The summed E-state index contributed by atoms with van der Waals surface area (Å²) < 4.78 is 0. The molecule has 1 fully saturated rings. The average molecular weight is 279 g/mol. The van der Waals surface area contributed by atoms with E-state index in [2.05, 4.69) is 5.32 Å². The fraction of sp³-hybridized carbons (Fsp3) is 0.533. The van der Waals surface area contributed by atoms with Crippen LogP contribution >= 0.6 is 11.8 Å². The van der Waals surface area contributed by atoms with Crippen LogP contribution in [0.5, 0.6) is 0 Å². The zero-order valence-electron chi connectivity index (χ0n) is 11.4. The maximum Gasteiger partial charge on any atom is 0.221 e. The second-order valence-corrected chi connectivity index (χ2v) is 6.77. The number of benzene rings is 1. The van der Waals surface area contributed by atoms with Gasteiger partial charge >= 0.3 is 0 Å². The molecule has 104 valence electrons. The lowest BCUT2D eigenvalue weighted by molar-refractivity contribution is -0.128. The molecule has 1 amide bonds. The number of carbonyl (C=O) groups is 1. The first kappa shape index (κ1) is 14.4. The second-order valence-electron chi connectivity index (χ2n) is 5.60. The SMILES string of the molecule is CC1(C)C(O)CC1NC(=O)CCSc1ccccc1. The number of nitrogens with one attached hydrogen (secondary N) is 1. The summed E-state index contributed by atoms with van der Waals surface area (Å²) in [4.78, 5) is 13.0. The maximum absolute atomic E-state index is 11.8. The minimum atomic E-state index is -0.295. The number of hydrogen-bond donors (Lipinski definition) is 2. The Morgan fingerprint density at radius 2 is 2.11 bits per heavy atom. The zero-order chi connectivity index (χ0) is 13.9. The Balaban J connectivity index is 1.68. The highest BCUT2D eigenvalue weighted by atomic mass is 32.2. The molecule has 1 aliphatic rings. The lowest BCUT2D eigenvalue weighted by atomic mass is 9.64. The van der Waals surface area contributed by atoms with Gasteiger partial charge in [-0.05, 0) is 18.6 Å². The van der Waals surface area contributed by atoms with Gasteiger partial charge in [-0.15, -0.1) is 11.8 Å². The third kappa shape index (κ3) is 3.51. The Morgan fingerprint density at radius 3 is 2.68 bits per heavy atom. The fourth-order valence-electron chi connectivity index (χ4n) is 2.19. The Bertz CT molecular complexity index is 433. The summed E-state index contributed by atoms with van der Waals surface area (Å²) in [7, 11) is 0. The molecule has 0 spiro atoms. The third-order valence-corrected chi connectivity index (χ3v) is 4.91. The summed E-state index contributed by atoms with van der Waals surface area (Å²) in [6.45, 7) is 3.98. The molecule has 1 saturated carbocycles. The van der Waals surface area contributed by atoms with Crippen molar-refractivity contribution >= 4 is 17.7 Å². The topological polar surface area (TPSA) is 49.3 Å². The first-order chi connectivity index (χ1) is 9.00. The molecular weight excluding hydrogens is 258 g/mol. The molecule has 3 nitrogen and oxygen atoms in total. The standard InChI is InChI=1S/C15H21NO2S/c1-15(2)12(10-13(15)17)16-14(18)8-9-19-11-6-4-3-5-7-11/h3-7,12-13,17H,8-10H2,1-2H3,(H,16,18). The first-order valence-electron chi connectivity index (χ1n) is 6.65. The van der Waals surface area contributed by atoms with Crippen molar-refractivity contribution in [1.82, 2.24) is 5.32 Å². The number of rotatable bonds is 5. The van der Waals surface area contributed by atoms with Crippen molar-refractivity contribution in [2.24, 2.45) is 5.41 Å². The normalized spacial score (nSPS) is 24.6. The van der Waals surface area contributed by atoms with Gasteiger partial charge in [0.15, 0.2) is 0 Å². The molecule has 2 unspecified atom stereocenters. The lowest BCUT2D eigenvalue weighted by Crippen LogP contribution is -2.61. The molecule has 19 heavy (non-hydrogen) atoms. The molecular formula is C15H21NO2S. The molecule has 1 aromatic rings. The molecule has 2 atom stereocenters. The van der Waals surface area contributed by atoms with Gasteiger partial charge in [-0.2, -0.15) is 0 Å². The van der Waals surface area contributed by atoms with Crippen molar-refractivity contribution < 1.29 is 9.90 Å². The van der Waals surface area contributed by atoms with Crippen molar-refractivity contribution in [2.75, 3.05) is 5.75 Å². The summed E-state index contributed by atoms with van der Waals surface area (Å²) in [5, 5.41) is 12.6. The molecule has 0 heterocycles. The zero-order valence-corrected chi connectivity index (χ0v) is 12.2. The first-order valence-corrected chi connectivity index (χ1v) is 7.64. The van der Waals surface area contributed by atoms with Crippen LogP contribution in [-0.2, 0) is 4.79 Å². The lowest BCUT2D eigenvalue weighted by Gasteiger charge is -2.49. The van der Waals surface area contributed by atoms with Crippen LogP contribution in [0, 0.1) is 5.41 Å². The van der Waals surface area contributed by atoms with Gasteiger partial charge in [-0.3, -0.25) is 4.79 Å². The summed E-state index contributed by atoms with van der Waals surface area (Å²) in [6, 6.07) is 10.2. The van der Waals surface area contributed by atoms with Crippen LogP contribution in [0.3, 0.4) is 0 Å². The van der Waals surface area contributed by atoms with Crippen molar-refractivity contribution in [1.29, 1.82) is 0 Å². The predicted octanol–water partition coefficient (Wildman–Crippen LogP) is 2.44. The Hall–Kier alpha value is -1.00. The monoisotopic (exact) mass is 279 g/mol. The average Bonchev–Trinajstić information content (AvgIpc) is 2.39. The number of aliphatic hydroxyl groups is 1. The van der Waals surface area contributed by atoms with Crippen LogP contribution in [0.4, 0.5) is 0 Å². The van der Waals surface area contributed by atoms with Crippen molar-refractivity contribution in [3.63, 3.8) is 0 Å². The van der Waals surface area contributed by atoms with Gasteiger partial charge in [0.05, 0.1) is 6.10 Å². The van der Waals surface area contributed by atoms with E-state index in [-0.39, 0.29) is 23.5 Å². The number of hydrogen-bond acceptors (Lipinski definition) is 3. The third-order valence-electron chi connectivity index (χ3n) is 3.89. The van der Waals surface area contributed by atoms with Crippen LogP contribution in [0.15, 0.2) is 35.2 Å². The molecule has 0 aliphatic heterocycles. The van der Waals surface area contributed by atoms with Crippen LogP contribution < -0.4 is 5.32 Å². The minimum absolute atomic E-state index is 0.0772. The van der Waals surface area contributed by atoms with Gasteiger partial charge in [0.2, 0.25) is 5.91 Å². The van der Waals surface area contributed by atoms with Crippen LogP contribution in [0.25, 0.3) is 0 Å². The molecule has 2 N–H and O–H groups in total. The number of carbonyl (C=O) groups excluding carboxylic acids is 1. The van der Waals surface area contributed by atoms with Gasteiger partial charge in [0.25, 0.3) is 0 Å². The van der Waals surface area contributed by atoms with E-state index in [1.165, 1.54) is 4.90 Å². The predicted molar refractivity (Wildman–Crippen MR) is 78.1 cm³/mol. The molecule has 1 aromatic carbocycles. The van der Waals surface area contributed by atoms with E-state index < -0.39 is 0 Å². The highest BCUT2D eigenvalue weighted by molar-refractivity contribution is 7.99. The van der Waals surface area contributed by atoms with E-state index in [9.17, 15) is 9.90 Å². The highest BCUT2D eigenvalue weighted by Gasteiger charge is 2.47. The largest absolute Gasteiger partial charge is 0.392 e. The Kier molecular flexibility index (Phi) is 4.53. The quantitative estimate of drug-likeness (QED) is 0.814. The van der Waals surface area contributed by atoms with Crippen molar-refractivity contribution in [3.05, 3.63) is 30.3 Å². The summed E-state index contributed by atoms with van der Waals surface area (Å²) >= 11 is 1.69. The molecule has 0 aromatic heterocycles. The molecule has 0 saturated heterocycles. The van der Waals surface area contributed by atoms with Gasteiger partial charge in [0, 0.05) is 28.5 Å². The number of aliphatic hydroxyl groups excluding tert-OH is 1. The van der Waals surface area contributed by atoms with Gasteiger partial charge in [-0.25, -0.2) is 0 Å². The summed E-state index contributed by atoms with van der Waals surface area (Å²) in [6.07, 6.45) is 0.892. The van der Waals surface area contributed by atoms with E-state index in [1.54, 1.807) is 11.8 Å². The fourth-order valence-corrected chi connectivity index (χ4v) is 3.06. The minimum Gasteiger partial charge on any atom is -0.392 e. The van der Waals surface area contributed by atoms with Gasteiger partial charge < -0.3 is 10.4 Å². The van der Waals surface area contributed by atoms with Gasteiger partial charge in [-0.1, -0.05) is 32.0 Å². The summed E-state index contributed by atoms with van der Waals surface area (Å²) in [5.74, 6) is 0.861. The van der Waals surface area contributed by atoms with Crippen LogP contribution in [0.2, 0.25) is 0 Å². The van der Waals surface area contributed by atoms with E-state index in [4.69, 9.17) is 0 Å². The Morgan fingerprint density at radius 1 is 1.42 bits per heavy atom. The van der Waals surface area contributed by atoms with E-state index >= 15 is 0 Å². The number of thioether (sulfide) groups is 1. The van der Waals surface area contributed by atoms with Crippen LogP contribution in [-0.4, -0.2) is 28.9 Å². The van der Waals surface area contributed by atoms with E-state index in [0.717, 1.165) is 5.75 Å². The molecule has 0 radical (unpaired) electrons. The van der Waals surface area contributed by atoms with E-state index in [0.29, 0.717) is 12.8 Å². The van der Waals surface area contributed by atoms with Crippen LogP contribution in [0.1, 0.15) is 26.7 Å². The smallest absolute Gasteiger partial charge is 0.221 e. The Labute approximate surface area is 118 Å². The molecule has 2 rings (SSSR count).